The number of anilines is 1. The largest absolute Gasteiger partial charge is 0.482 e. The van der Waals surface area contributed by atoms with Crippen LogP contribution >= 0.6 is 0 Å². The Labute approximate surface area is 130 Å². The number of nitrogens with two attached hydrogens (primary N) is 1. The van der Waals surface area contributed by atoms with Crippen LogP contribution in [0.1, 0.15) is 30.6 Å². The van der Waals surface area contributed by atoms with Crippen molar-refractivity contribution in [3.05, 3.63) is 36.4 Å². The van der Waals surface area contributed by atoms with Crippen LogP contribution in [0.3, 0.4) is 0 Å². The topological polar surface area (TPSA) is 93.5 Å². The van der Waals surface area contributed by atoms with Crippen molar-refractivity contribution in [1.82, 2.24) is 10.6 Å². The Bertz CT molecular complexity index is 543. The highest BCUT2D eigenvalue weighted by molar-refractivity contribution is 5.95. The first-order valence-electron chi connectivity index (χ1n) is 7.18. The molecule has 2 amide bonds. The van der Waals surface area contributed by atoms with E-state index in [1.807, 2.05) is 13.8 Å². The number of hydrogen-bond donors (Lipinski definition) is 3. The number of carbonyl (C=O) groups excluding carboxylic acids is 2. The second kappa shape index (κ2) is 8.71. The summed E-state index contributed by atoms with van der Waals surface area (Å²) in [6.45, 7) is 7.65. The van der Waals surface area contributed by atoms with Gasteiger partial charge in [0.1, 0.15) is 5.75 Å². The Morgan fingerprint density at radius 3 is 2.82 bits per heavy atom. The lowest BCUT2D eigenvalue weighted by Gasteiger charge is -2.13. The Morgan fingerprint density at radius 2 is 2.18 bits per heavy atom. The Morgan fingerprint density at radius 1 is 1.45 bits per heavy atom. The van der Waals surface area contributed by atoms with Gasteiger partial charge in [-0.3, -0.25) is 9.59 Å². The number of amides is 2. The molecule has 0 fully saturated rings. The Balaban J connectivity index is 2.68. The molecule has 1 aromatic carbocycles. The predicted molar refractivity (Wildman–Crippen MR) is 86.8 cm³/mol. The maximum absolute atomic E-state index is 11.9. The fraction of sp³-hybridized carbons (Fsp3) is 0.375. The second-order valence-electron chi connectivity index (χ2n) is 4.92. The van der Waals surface area contributed by atoms with Crippen LogP contribution in [-0.4, -0.2) is 31.0 Å². The predicted octanol–water partition coefficient (Wildman–Crippen LogP) is 1.48. The van der Waals surface area contributed by atoms with E-state index >= 15 is 0 Å². The number of benzene rings is 1. The maximum Gasteiger partial charge on any atom is 0.258 e. The normalized spacial score (nSPS) is 11.4. The lowest BCUT2D eigenvalue weighted by Crippen LogP contribution is -2.35. The molecule has 0 bridgehead atoms. The van der Waals surface area contributed by atoms with Gasteiger partial charge in [-0.05, 0) is 31.5 Å². The SMILES string of the molecule is C=CCNC(=O)c1ccc(N)c(OCC(=O)NC(C)CC)c1. The van der Waals surface area contributed by atoms with Crippen molar-refractivity contribution >= 4 is 17.5 Å². The number of nitrogen functional groups attached to an aromatic ring is 1. The summed E-state index contributed by atoms with van der Waals surface area (Å²) < 4.78 is 5.40. The summed E-state index contributed by atoms with van der Waals surface area (Å²) in [6, 6.07) is 4.78. The monoisotopic (exact) mass is 305 g/mol. The standard InChI is InChI=1S/C16H23N3O3/c1-4-8-18-16(21)12-6-7-13(17)14(9-12)22-10-15(20)19-11(3)5-2/h4,6-7,9,11H,1,5,8,10,17H2,2-3H3,(H,18,21)(H,19,20). The number of ether oxygens (including phenoxy) is 1. The lowest BCUT2D eigenvalue weighted by atomic mass is 10.2. The lowest BCUT2D eigenvalue weighted by molar-refractivity contribution is -0.123. The first-order chi connectivity index (χ1) is 10.5. The summed E-state index contributed by atoms with van der Waals surface area (Å²) in [5.74, 6) is -0.172. The molecule has 0 saturated carbocycles. The van der Waals surface area contributed by atoms with Gasteiger partial charge in [0, 0.05) is 18.2 Å². The highest BCUT2D eigenvalue weighted by Crippen LogP contribution is 2.22. The summed E-state index contributed by atoms with van der Waals surface area (Å²) in [7, 11) is 0. The molecular weight excluding hydrogens is 282 g/mol. The van der Waals surface area contributed by atoms with Crippen molar-refractivity contribution in [2.45, 2.75) is 26.3 Å². The van der Waals surface area contributed by atoms with Crippen LogP contribution in [-0.2, 0) is 4.79 Å². The smallest absolute Gasteiger partial charge is 0.258 e. The van der Waals surface area contributed by atoms with Crippen molar-refractivity contribution in [2.75, 3.05) is 18.9 Å². The molecule has 4 N–H and O–H groups in total. The summed E-state index contributed by atoms with van der Waals surface area (Å²) >= 11 is 0. The van der Waals surface area contributed by atoms with E-state index in [9.17, 15) is 9.59 Å². The van der Waals surface area contributed by atoms with Crippen LogP contribution in [0.5, 0.6) is 5.75 Å². The van der Waals surface area contributed by atoms with Crippen LogP contribution in [0.2, 0.25) is 0 Å². The minimum Gasteiger partial charge on any atom is -0.482 e. The number of hydrogen-bond acceptors (Lipinski definition) is 4. The van der Waals surface area contributed by atoms with Crippen LogP contribution in [0.15, 0.2) is 30.9 Å². The van der Waals surface area contributed by atoms with E-state index < -0.39 is 0 Å². The van der Waals surface area contributed by atoms with E-state index in [2.05, 4.69) is 17.2 Å². The zero-order valence-electron chi connectivity index (χ0n) is 13.0. The van der Waals surface area contributed by atoms with Crippen LogP contribution in [0.4, 0.5) is 5.69 Å². The number of nitrogens with one attached hydrogen (secondary N) is 2. The molecular formula is C16H23N3O3. The molecule has 6 nitrogen and oxygen atoms in total. The third-order valence-corrected chi connectivity index (χ3v) is 3.06. The van der Waals surface area contributed by atoms with Gasteiger partial charge in [0.05, 0.1) is 5.69 Å². The van der Waals surface area contributed by atoms with Crippen molar-refractivity contribution < 1.29 is 14.3 Å². The molecule has 0 radical (unpaired) electrons. The van der Waals surface area contributed by atoms with E-state index in [1.54, 1.807) is 18.2 Å². The van der Waals surface area contributed by atoms with Gasteiger partial charge in [0.25, 0.3) is 11.8 Å². The van der Waals surface area contributed by atoms with Gasteiger partial charge in [-0.1, -0.05) is 13.0 Å². The van der Waals surface area contributed by atoms with Crippen LogP contribution in [0, 0.1) is 0 Å². The minimum atomic E-state index is -0.256. The van der Waals surface area contributed by atoms with E-state index in [1.165, 1.54) is 6.07 Å². The fourth-order valence-corrected chi connectivity index (χ4v) is 1.63. The number of carbonyl (C=O) groups is 2. The molecule has 0 saturated heterocycles. The first-order valence-corrected chi connectivity index (χ1v) is 7.18. The third-order valence-electron chi connectivity index (χ3n) is 3.06. The maximum atomic E-state index is 11.9. The summed E-state index contributed by atoms with van der Waals surface area (Å²) in [5, 5.41) is 5.45. The molecule has 0 aliphatic carbocycles. The van der Waals surface area contributed by atoms with Gasteiger partial charge in [0.2, 0.25) is 0 Å². The highest BCUT2D eigenvalue weighted by Gasteiger charge is 2.11. The molecule has 1 unspecified atom stereocenters. The number of rotatable bonds is 8. The Hall–Kier alpha value is -2.50. The molecule has 1 aromatic rings. The average molecular weight is 305 g/mol. The molecule has 0 spiro atoms. The zero-order valence-corrected chi connectivity index (χ0v) is 13.0. The molecule has 0 aliphatic heterocycles. The molecule has 6 heteroatoms. The van der Waals surface area contributed by atoms with E-state index in [0.717, 1.165) is 6.42 Å². The second-order valence-corrected chi connectivity index (χ2v) is 4.92. The minimum absolute atomic E-state index is 0.0875. The van der Waals surface area contributed by atoms with Gasteiger partial charge >= 0.3 is 0 Å². The zero-order chi connectivity index (χ0) is 16.5. The van der Waals surface area contributed by atoms with Crippen LogP contribution < -0.4 is 21.1 Å². The molecule has 0 heterocycles. The van der Waals surface area contributed by atoms with Crippen molar-refractivity contribution in [3.63, 3.8) is 0 Å². The summed E-state index contributed by atoms with van der Waals surface area (Å²) in [6.07, 6.45) is 2.43. The van der Waals surface area contributed by atoms with E-state index in [0.29, 0.717) is 23.5 Å². The third kappa shape index (κ3) is 5.47. The molecule has 22 heavy (non-hydrogen) atoms. The molecule has 1 atom stereocenters. The fourth-order valence-electron chi connectivity index (χ4n) is 1.63. The molecule has 1 rings (SSSR count). The van der Waals surface area contributed by atoms with Gasteiger partial charge in [-0.25, -0.2) is 0 Å². The molecule has 120 valence electrons. The Kier molecular flexibility index (Phi) is 6.95. The van der Waals surface area contributed by atoms with Gasteiger partial charge in [-0.2, -0.15) is 0 Å². The highest BCUT2D eigenvalue weighted by atomic mass is 16.5. The van der Waals surface area contributed by atoms with Gasteiger partial charge in [0.15, 0.2) is 6.61 Å². The van der Waals surface area contributed by atoms with Crippen molar-refractivity contribution in [2.24, 2.45) is 0 Å². The molecule has 0 aliphatic rings. The molecule has 0 aromatic heterocycles. The van der Waals surface area contributed by atoms with Crippen molar-refractivity contribution in [3.8, 4) is 5.75 Å². The van der Waals surface area contributed by atoms with E-state index in [4.69, 9.17) is 10.5 Å². The van der Waals surface area contributed by atoms with Gasteiger partial charge in [-0.15, -0.1) is 6.58 Å². The first kappa shape index (κ1) is 17.6. The summed E-state index contributed by atoms with van der Waals surface area (Å²) in [4.78, 5) is 23.5. The quantitative estimate of drug-likeness (QED) is 0.501. The van der Waals surface area contributed by atoms with Crippen molar-refractivity contribution in [1.29, 1.82) is 0 Å². The van der Waals surface area contributed by atoms with Crippen LogP contribution in [0.25, 0.3) is 0 Å². The van der Waals surface area contributed by atoms with E-state index in [-0.39, 0.29) is 24.5 Å². The van der Waals surface area contributed by atoms with Gasteiger partial charge < -0.3 is 21.1 Å². The summed E-state index contributed by atoms with van der Waals surface area (Å²) in [5.41, 5.74) is 6.58. The average Bonchev–Trinajstić information content (AvgIpc) is 2.51.